The highest BCUT2D eigenvalue weighted by molar-refractivity contribution is 8.26. The van der Waals surface area contributed by atoms with Crippen LogP contribution in [-0.4, -0.2) is 31.5 Å². The fourth-order valence-corrected chi connectivity index (χ4v) is 4.80. The Kier molecular flexibility index (Phi) is 4.63. The number of rotatable bonds is 3. The lowest BCUT2D eigenvalue weighted by atomic mass is 10.1. The zero-order valence-corrected chi connectivity index (χ0v) is 18.3. The minimum absolute atomic E-state index is 0.0708. The van der Waals surface area contributed by atoms with Crippen LogP contribution in [0.3, 0.4) is 0 Å². The summed E-state index contributed by atoms with van der Waals surface area (Å²) in [5.74, 6) is -0.326. The molecule has 2 aliphatic rings. The molecule has 5 rings (SSSR count). The zero-order valence-electron chi connectivity index (χ0n) is 17.5. The van der Waals surface area contributed by atoms with E-state index in [1.54, 1.807) is 6.08 Å². The Morgan fingerprint density at radius 2 is 1.87 bits per heavy atom. The maximum atomic E-state index is 12.7. The number of aryl methyl sites for hydroxylation is 1. The first-order chi connectivity index (χ1) is 15.0. The summed E-state index contributed by atoms with van der Waals surface area (Å²) in [6, 6.07) is 16.7. The number of amides is 1. The Morgan fingerprint density at radius 1 is 1.10 bits per heavy atom. The van der Waals surface area contributed by atoms with Crippen molar-refractivity contribution < 1.29 is 4.79 Å². The van der Waals surface area contributed by atoms with Crippen molar-refractivity contribution in [3.05, 3.63) is 71.1 Å². The average Bonchev–Trinajstić information content (AvgIpc) is 3.30. The van der Waals surface area contributed by atoms with Gasteiger partial charge in [-0.25, -0.2) is 0 Å². The third kappa shape index (κ3) is 3.21. The van der Waals surface area contributed by atoms with Crippen molar-refractivity contribution in [3.8, 4) is 5.69 Å². The predicted molar refractivity (Wildman–Crippen MR) is 128 cm³/mol. The monoisotopic (exact) mass is 427 g/mol. The summed E-state index contributed by atoms with van der Waals surface area (Å²) in [6.07, 6.45) is 2.50. The van der Waals surface area contributed by atoms with Crippen LogP contribution in [0.25, 0.3) is 22.5 Å². The van der Waals surface area contributed by atoms with Crippen molar-refractivity contribution in [2.24, 2.45) is 10.1 Å². The van der Waals surface area contributed by atoms with E-state index in [0.29, 0.717) is 5.17 Å². The number of aromatic nitrogens is 1. The standard InChI is InChI=1S/C24H21N5OS/c1-4-21-27-29-22(25)20(23(30)26-24(29)31-21)13-18-11-14(2)28(15(18)3)19-10-9-16-7-5-6-8-17(16)12-19/h5-13,25H,4H2,1-3H3/b20-13+,25-22?. The van der Waals surface area contributed by atoms with Gasteiger partial charge in [0.25, 0.3) is 5.91 Å². The van der Waals surface area contributed by atoms with E-state index < -0.39 is 5.91 Å². The Hall–Kier alpha value is -3.45. The van der Waals surface area contributed by atoms with Crippen LogP contribution in [-0.2, 0) is 4.79 Å². The molecule has 0 atom stereocenters. The van der Waals surface area contributed by atoms with Crippen LogP contribution in [0.5, 0.6) is 0 Å². The van der Waals surface area contributed by atoms with Crippen molar-refractivity contribution in [2.45, 2.75) is 27.2 Å². The summed E-state index contributed by atoms with van der Waals surface area (Å²) in [5.41, 5.74) is 4.27. The van der Waals surface area contributed by atoms with Crippen molar-refractivity contribution in [2.75, 3.05) is 0 Å². The summed E-state index contributed by atoms with van der Waals surface area (Å²) >= 11 is 1.35. The zero-order chi connectivity index (χ0) is 21.7. The van der Waals surface area contributed by atoms with E-state index in [4.69, 9.17) is 5.41 Å². The molecule has 0 spiro atoms. The molecule has 3 aromatic rings. The first kappa shape index (κ1) is 19.5. The molecule has 0 radical (unpaired) electrons. The largest absolute Gasteiger partial charge is 0.318 e. The molecule has 31 heavy (non-hydrogen) atoms. The summed E-state index contributed by atoms with van der Waals surface area (Å²) in [7, 11) is 0. The van der Waals surface area contributed by atoms with Crippen molar-refractivity contribution in [1.82, 2.24) is 9.58 Å². The lowest BCUT2D eigenvalue weighted by molar-refractivity contribution is -0.114. The maximum Gasteiger partial charge on any atom is 0.283 e. The van der Waals surface area contributed by atoms with E-state index in [1.165, 1.54) is 27.5 Å². The lowest BCUT2D eigenvalue weighted by Crippen LogP contribution is -2.35. The minimum atomic E-state index is -0.396. The third-order valence-corrected chi connectivity index (χ3v) is 6.61. The Bertz CT molecular complexity index is 1360. The van der Waals surface area contributed by atoms with Crippen molar-refractivity contribution in [1.29, 1.82) is 5.41 Å². The Labute approximate surface area is 184 Å². The third-order valence-electron chi connectivity index (χ3n) is 5.56. The number of carbonyl (C=O) groups is 1. The second kappa shape index (κ2) is 7.35. The van der Waals surface area contributed by atoms with Gasteiger partial charge in [-0.3, -0.25) is 10.2 Å². The Balaban J connectivity index is 1.56. The highest BCUT2D eigenvalue weighted by atomic mass is 32.2. The average molecular weight is 428 g/mol. The molecule has 0 unspecified atom stereocenters. The highest BCUT2D eigenvalue weighted by Gasteiger charge is 2.35. The molecule has 1 amide bonds. The quantitative estimate of drug-likeness (QED) is 0.578. The minimum Gasteiger partial charge on any atom is -0.318 e. The van der Waals surface area contributed by atoms with Gasteiger partial charge in [0.15, 0.2) is 5.84 Å². The fraction of sp³-hybridized carbons (Fsp3) is 0.167. The first-order valence-electron chi connectivity index (χ1n) is 10.1. The van der Waals surface area contributed by atoms with Gasteiger partial charge >= 0.3 is 0 Å². The van der Waals surface area contributed by atoms with E-state index >= 15 is 0 Å². The number of thioether (sulfide) groups is 1. The van der Waals surface area contributed by atoms with E-state index in [2.05, 4.69) is 45.0 Å². The van der Waals surface area contributed by atoms with Crippen LogP contribution >= 0.6 is 11.8 Å². The molecule has 154 valence electrons. The number of carbonyl (C=O) groups excluding carboxylic acids is 1. The van der Waals surface area contributed by atoms with Crippen LogP contribution in [0.1, 0.15) is 30.3 Å². The second-order valence-electron chi connectivity index (χ2n) is 7.56. The van der Waals surface area contributed by atoms with Crippen LogP contribution < -0.4 is 0 Å². The molecule has 1 N–H and O–H groups in total. The molecule has 7 heteroatoms. The summed E-state index contributed by atoms with van der Waals surface area (Å²) in [4.78, 5) is 16.8. The molecule has 2 aromatic carbocycles. The molecule has 0 bridgehead atoms. The normalized spacial score (nSPS) is 17.4. The molecule has 0 aliphatic carbocycles. The lowest BCUT2D eigenvalue weighted by Gasteiger charge is -2.20. The molecule has 3 heterocycles. The van der Waals surface area contributed by atoms with Gasteiger partial charge in [-0.1, -0.05) is 37.3 Å². The topological polar surface area (TPSA) is 73.8 Å². The number of nitrogens with one attached hydrogen (secondary N) is 1. The molecule has 2 aliphatic heterocycles. The molecule has 1 aromatic heterocycles. The maximum absolute atomic E-state index is 12.7. The molecule has 6 nitrogen and oxygen atoms in total. The number of aliphatic imine (C=N–C) groups is 1. The Morgan fingerprint density at radius 3 is 2.65 bits per heavy atom. The van der Waals surface area contributed by atoms with Crippen LogP contribution in [0.4, 0.5) is 0 Å². The van der Waals surface area contributed by atoms with Crippen molar-refractivity contribution in [3.63, 3.8) is 0 Å². The van der Waals surface area contributed by atoms with Gasteiger partial charge in [0, 0.05) is 17.1 Å². The molecule has 0 saturated heterocycles. The number of hydrogen-bond donors (Lipinski definition) is 1. The van der Waals surface area contributed by atoms with Gasteiger partial charge in [-0.15, -0.1) is 0 Å². The van der Waals surface area contributed by atoms with Gasteiger partial charge in [-0.05, 0) is 72.6 Å². The molecular formula is C24H21N5OS. The van der Waals surface area contributed by atoms with E-state index in [9.17, 15) is 4.79 Å². The van der Waals surface area contributed by atoms with Gasteiger partial charge in [0.1, 0.15) is 5.04 Å². The van der Waals surface area contributed by atoms with Crippen LogP contribution in [0, 0.1) is 19.3 Å². The van der Waals surface area contributed by atoms with Gasteiger partial charge in [0.05, 0.1) is 5.57 Å². The smallest absolute Gasteiger partial charge is 0.283 e. The predicted octanol–water partition coefficient (Wildman–Crippen LogP) is 5.28. The second-order valence-corrected chi connectivity index (χ2v) is 8.60. The van der Waals surface area contributed by atoms with E-state index in [-0.39, 0.29) is 11.4 Å². The first-order valence-corrected chi connectivity index (χ1v) is 10.9. The number of nitrogens with zero attached hydrogens (tertiary/aromatic N) is 4. The summed E-state index contributed by atoms with van der Waals surface area (Å²) in [6.45, 7) is 6.07. The number of benzene rings is 2. The molecule has 0 fully saturated rings. The van der Waals surface area contributed by atoms with Crippen molar-refractivity contribution >= 4 is 50.6 Å². The fourth-order valence-electron chi connectivity index (χ4n) is 3.98. The molecular weight excluding hydrogens is 406 g/mol. The van der Waals surface area contributed by atoms with Gasteiger partial charge < -0.3 is 4.57 Å². The summed E-state index contributed by atoms with van der Waals surface area (Å²) < 4.78 is 2.17. The number of hydrogen-bond acceptors (Lipinski definition) is 4. The highest BCUT2D eigenvalue weighted by Crippen LogP contribution is 2.31. The van der Waals surface area contributed by atoms with Crippen LogP contribution in [0.2, 0.25) is 0 Å². The van der Waals surface area contributed by atoms with Gasteiger partial charge in [-0.2, -0.15) is 15.1 Å². The van der Waals surface area contributed by atoms with Gasteiger partial charge in [0.2, 0.25) is 5.17 Å². The molecule has 0 saturated carbocycles. The number of fused-ring (bicyclic) bond motifs is 2. The SMILES string of the molecule is CCC1=NN2C(=N)/C(=C\c3cc(C)n(-c4ccc5ccccc5c4)c3C)C(=O)N=C2S1. The van der Waals surface area contributed by atoms with Crippen LogP contribution in [0.15, 0.2) is 64.2 Å². The number of amidine groups is 2. The summed E-state index contributed by atoms with van der Waals surface area (Å²) in [5, 5.41) is 18.1. The van der Waals surface area contributed by atoms with E-state index in [0.717, 1.165) is 34.1 Å². The van der Waals surface area contributed by atoms with E-state index in [1.807, 2.05) is 39.0 Å². The number of hydrazone groups is 1.